The Hall–Kier alpha value is -0.330. The second kappa shape index (κ2) is 19.7. The van der Waals surface area contributed by atoms with Crippen LogP contribution in [0.5, 0.6) is 0 Å². The van der Waals surface area contributed by atoms with E-state index in [4.69, 9.17) is 0 Å². The smallest absolute Gasteiger partial charge is 0.0385 e. The van der Waals surface area contributed by atoms with Gasteiger partial charge in [0.25, 0.3) is 0 Å². The molecule has 0 fully saturated rings. The summed E-state index contributed by atoms with van der Waals surface area (Å²) in [5, 5.41) is 0. The predicted octanol–water partition coefficient (Wildman–Crippen LogP) is 7.34. The average Bonchev–Trinajstić information content (AvgIpc) is 2.50. The Balaban J connectivity index is 2.96. The minimum absolute atomic E-state index is 1.05. The van der Waals surface area contributed by atoms with Crippen LogP contribution in [0.3, 0.4) is 0 Å². The van der Waals surface area contributed by atoms with Gasteiger partial charge in [0.05, 0.1) is 0 Å². The van der Waals surface area contributed by atoms with Crippen LogP contribution in [-0.4, -0.2) is 12.8 Å². The molecule has 0 aliphatic rings. The molecule has 0 spiro atoms. The van der Waals surface area contributed by atoms with Gasteiger partial charge in [0.1, 0.15) is 0 Å². The van der Waals surface area contributed by atoms with Crippen LogP contribution in [0.2, 0.25) is 0 Å². The van der Waals surface area contributed by atoms with Crippen molar-refractivity contribution in [2.75, 3.05) is 6.54 Å². The number of hydrogen-bond donors (Lipinski definition) is 0. The maximum absolute atomic E-state index is 4.43. The van der Waals surface area contributed by atoms with E-state index in [2.05, 4.69) is 25.1 Å². The summed E-state index contributed by atoms with van der Waals surface area (Å²) in [6.07, 6.45) is 24.5. The Kier molecular flexibility index (Phi) is 19.4. The highest BCUT2D eigenvalue weighted by Gasteiger charge is 1.93. The van der Waals surface area contributed by atoms with Crippen LogP contribution in [0, 0.1) is 0 Å². The lowest BCUT2D eigenvalue weighted by atomic mass is 10.0. The first kappa shape index (κ1) is 20.7. The lowest BCUT2D eigenvalue weighted by Crippen LogP contribution is -1.85. The van der Waals surface area contributed by atoms with Crippen LogP contribution in [0.25, 0.3) is 0 Å². The summed E-state index contributed by atoms with van der Waals surface area (Å²) < 4.78 is 0. The number of nitrogens with zero attached hydrogens (tertiary/aromatic N) is 1. The Labute approximate surface area is 135 Å². The maximum atomic E-state index is 4.43. The molecule has 0 amide bonds. The largest absolute Gasteiger partial charge is 0.298 e. The molecule has 0 saturated carbocycles. The highest BCUT2D eigenvalue weighted by molar-refractivity contribution is 5.56. The molecule has 0 unspecified atom stereocenters. The van der Waals surface area contributed by atoms with Gasteiger partial charge < -0.3 is 0 Å². The van der Waals surface area contributed by atoms with Crippen LogP contribution < -0.4 is 0 Å². The molecule has 0 heterocycles. The monoisotopic (exact) mass is 295 g/mol. The number of hydrogen-bond acceptors (Lipinski definition) is 1. The van der Waals surface area contributed by atoms with Gasteiger partial charge in [-0.25, -0.2) is 0 Å². The predicted molar refractivity (Wildman–Crippen MR) is 98.6 cm³/mol. The maximum Gasteiger partial charge on any atom is 0.0385 e. The number of unbranched alkanes of at least 4 members (excludes halogenated alkanes) is 14. The van der Waals surface area contributed by atoms with Crippen LogP contribution in [-0.2, 0) is 0 Å². The lowest BCUT2D eigenvalue weighted by Gasteiger charge is -2.02. The SMILES string of the molecule is CCCC=NCCCCCCCCCCCCCCCC. The van der Waals surface area contributed by atoms with Crippen LogP contribution in [0.4, 0.5) is 0 Å². The van der Waals surface area contributed by atoms with Gasteiger partial charge in [-0.05, 0) is 19.1 Å². The van der Waals surface area contributed by atoms with Crippen molar-refractivity contribution in [1.82, 2.24) is 0 Å². The van der Waals surface area contributed by atoms with Gasteiger partial charge in [0.2, 0.25) is 0 Å². The zero-order valence-electron chi connectivity index (χ0n) is 15.0. The molecule has 0 bridgehead atoms. The quantitative estimate of drug-likeness (QED) is 0.197. The first-order valence-electron chi connectivity index (χ1n) is 9.90. The van der Waals surface area contributed by atoms with Crippen molar-refractivity contribution in [3.05, 3.63) is 0 Å². The van der Waals surface area contributed by atoms with Crippen molar-refractivity contribution in [3.8, 4) is 0 Å². The van der Waals surface area contributed by atoms with E-state index in [0.29, 0.717) is 0 Å². The van der Waals surface area contributed by atoms with Gasteiger partial charge in [0.15, 0.2) is 0 Å². The summed E-state index contributed by atoms with van der Waals surface area (Å²) in [7, 11) is 0. The van der Waals surface area contributed by atoms with E-state index in [0.717, 1.165) is 13.0 Å². The van der Waals surface area contributed by atoms with Crippen molar-refractivity contribution in [1.29, 1.82) is 0 Å². The summed E-state index contributed by atoms with van der Waals surface area (Å²) in [6.45, 7) is 5.55. The van der Waals surface area contributed by atoms with E-state index < -0.39 is 0 Å². The first-order chi connectivity index (χ1) is 10.4. The van der Waals surface area contributed by atoms with Gasteiger partial charge in [0, 0.05) is 6.54 Å². The van der Waals surface area contributed by atoms with E-state index in [1.807, 2.05) is 0 Å². The summed E-state index contributed by atoms with van der Waals surface area (Å²) in [4.78, 5) is 4.43. The molecule has 0 N–H and O–H groups in total. The molecule has 0 aliphatic carbocycles. The van der Waals surface area contributed by atoms with E-state index in [-0.39, 0.29) is 0 Å². The molecular formula is C20H41N. The van der Waals surface area contributed by atoms with Crippen LogP contribution >= 0.6 is 0 Å². The molecule has 0 radical (unpaired) electrons. The van der Waals surface area contributed by atoms with Crippen molar-refractivity contribution in [2.24, 2.45) is 4.99 Å². The zero-order chi connectivity index (χ0) is 15.4. The molecule has 1 nitrogen and oxygen atoms in total. The van der Waals surface area contributed by atoms with Gasteiger partial charge in [-0.2, -0.15) is 0 Å². The van der Waals surface area contributed by atoms with E-state index in [1.165, 1.54) is 96.3 Å². The third kappa shape index (κ3) is 19.7. The second-order valence-electron chi connectivity index (χ2n) is 6.47. The summed E-state index contributed by atoms with van der Waals surface area (Å²) in [5.74, 6) is 0. The first-order valence-corrected chi connectivity index (χ1v) is 9.90. The fraction of sp³-hybridized carbons (Fsp3) is 0.950. The fourth-order valence-electron chi connectivity index (χ4n) is 2.71. The topological polar surface area (TPSA) is 12.4 Å². The molecule has 0 rings (SSSR count). The highest BCUT2D eigenvalue weighted by Crippen LogP contribution is 2.12. The fourth-order valence-corrected chi connectivity index (χ4v) is 2.71. The highest BCUT2D eigenvalue weighted by atomic mass is 14.7. The standard InChI is InChI=1S/C20H41N/c1-3-5-7-8-9-10-11-12-13-14-15-16-17-18-20-21-19-6-4-2/h19H,3-18,20H2,1-2H3. The Morgan fingerprint density at radius 1 is 0.524 bits per heavy atom. The lowest BCUT2D eigenvalue weighted by molar-refractivity contribution is 0.536. The Morgan fingerprint density at radius 2 is 0.952 bits per heavy atom. The second-order valence-corrected chi connectivity index (χ2v) is 6.47. The van der Waals surface area contributed by atoms with E-state index >= 15 is 0 Å². The summed E-state index contributed by atoms with van der Waals surface area (Å²) >= 11 is 0. The van der Waals surface area contributed by atoms with Gasteiger partial charge in [-0.1, -0.05) is 104 Å². The van der Waals surface area contributed by atoms with Crippen molar-refractivity contribution >= 4 is 6.21 Å². The third-order valence-corrected chi connectivity index (χ3v) is 4.19. The van der Waals surface area contributed by atoms with E-state index in [1.54, 1.807) is 0 Å². The normalized spacial score (nSPS) is 11.5. The third-order valence-electron chi connectivity index (χ3n) is 4.19. The molecule has 0 atom stereocenters. The average molecular weight is 296 g/mol. The molecule has 1 heteroatoms. The van der Waals surface area contributed by atoms with Crippen molar-refractivity contribution < 1.29 is 0 Å². The van der Waals surface area contributed by atoms with Gasteiger partial charge >= 0.3 is 0 Å². The molecule has 21 heavy (non-hydrogen) atoms. The molecule has 0 aromatic carbocycles. The Bertz CT molecular complexity index is 198. The van der Waals surface area contributed by atoms with Crippen LogP contribution in [0.1, 0.15) is 117 Å². The number of rotatable bonds is 17. The number of aliphatic imine (C=N–C) groups is 1. The Morgan fingerprint density at radius 3 is 1.38 bits per heavy atom. The zero-order valence-corrected chi connectivity index (χ0v) is 15.0. The minimum atomic E-state index is 1.05. The van der Waals surface area contributed by atoms with Gasteiger partial charge in [-0.3, -0.25) is 4.99 Å². The molecular weight excluding hydrogens is 254 g/mol. The molecule has 0 aliphatic heterocycles. The van der Waals surface area contributed by atoms with Gasteiger partial charge in [-0.15, -0.1) is 0 Å². The van der Waals surface area contributed by atoms with Crippen molar-refractivity contribution in [3.63, 3.8) is 0 Å². The molecule has 126 valence electrons. The molecule has 0 saturated heterocycles. The summed E-state index contributed by atoms with van der Waals surface area (Å²) in [6, 6.07) is 0. The molecule has 0 aromatic rings. The summed E-state index contributed by atoms with van der Waals surface area (Å²) in [5.41, 5.74) is 0. The van der Waals surface area contributed by atoms with Crippen molar-refractivity contribution in [2.45, 2.75) is 117 Å². The van der Waals surface area contributed by atoms with Crippen LogP contribution in [0.15, 0.2) is 4.99 Å². The van der Waals surface area contributed by atoms with E-state index in [9.17, 15) is 0 Å². The molecule has 0 aromatic heterocycles. The minimum Gasteiger partial charge on any atom is -0.298 e.